The Hall–Kier alpha value is -2.38. The second-order valence-corrected chi connectivity index (χ2v) is 6.73. The first-order chi connectivity index (χ1) is 13.5. The maximum Gasteiger partial charge on any atom is 0.326 e. The molecule has 0 heterocycles. The molecule has 0 saturated heterocycles. The number of thiol groups is 1. The lowest BCUT2D eigenvalue weighted by molar-refractivity contribution is -0.147. The lowest BCUT2D eigenvalue weighted by Crippen LogP contribution is -2.56. The quantitative estimate of drug-likeness (QED) is 0.106. The minimum absolute atomic E-state index is 0.0714. The Labute approximate surface area is 173 Å². The van der Waals surface area contributed by atoms with Crippen LogP contribution in [-0.2, 0) is 24.0 Å². The van der Waals surface area contributed by atoms with Gasteiger partial charge in [0.1, 0.15) is 18.1 Å². The van der Waals surface area contributed by atoms with Gasteiger partial charge in [0.2, 0.25) is 17.7 Å². The molecule has 29 heavy (non-hydrogen) atoms. The van der Waals surface area contributed by atoms with Crippen LogP contribution >= 0.6 is 12.6 Å². The van der Waals surface area contributed by atoms with E-state index in [-0.39, 0.29) is 12.2 Å². The molecule has 0 spiro atoms. The van der Waals surface area contributed by atoms with Crippen molar-refractivity contribution in [2.75, 3.05) is 12.3 Å². The van der Waals surface area contributed by atoms with Gasteiger partial charge in [-0.2, -0.15) is 12.6 Å². The molecule has 166 valence electrons. The Morgan fingerprint density at radius 3 is 2.00 bits per heavy atom. The molecule has 9 N–H and O–H groups in total. The van der Waals surface area contributed by atoms with Gasteiger partial charge in [0.25, 0.3) is 0 Å². The molecular weight excluding hydrogens is 406 g/mol. The molecule has 0 fully saturated rings. The summed E-state index contributed by atoms with van der Waals surface area (Å²) in [5, 5.41) is 24.6. The molecule has 0 rings (SSSR count). The van der Waals surface area contributed by atoms with Gasteiger partial charge in [-0.3, -0.25) is 19.2 Å². The highest BCUT2D eigenvalue weighted by atomic mass is 32.1. The van der Waals surface area contributed by atoms with E-state index in [1.54, 1.807) is 0 Å². The molecular formula is C16H29N5O7S. The Morgan fingerprint density at radius 2 is 1.52 bits per heavy atom. The fraction of sp³-hybridized carbons (Fsp3) is 0.688. The summed E-state index contributed by atoms with van der Waals surface area (Å²) >= 11 is 3.92. The van der Waals surface area contributed by atoms with E-state index in [2.05, 4.69) is 23.3 Å². The molecule has 0 aliphatic carbocycles. The van der Waals surface area contributed by atoms with Crippen molar-refractivity contribution in [2.45, 2.75) is 56.8 Å². The lowest BCUT2D eigenvalue weighted by atomic mass is 10.1. The van der Waals surface area contributed by atoms with Crippen molar-refractivity contribution in [1.29, 1.82) is 0 Å². The van der Waals surface area contributed by atoms with Crippen LogP contribution in [0.25, 0.3) is 0 Å². The number of carboxylic acids is 2. The van der Waals surface area contributed by atoms with Gasteiger partial charge in [-0.15, -0.1) is 0 Å². The minimum Gasteiger partial charge on any atom is -0.481 e. The van der Waals surface area contributed by atoms with Crippen molar-refractivity contribution < 1.29 is 34.2 Å². The number of hydrogen-bond acceptors (Lipinski definition) is 8. The Morgan fingerprint density at radius 1 is 0.931 bits per heavy atom. The van der Waals surface area contributed by atoms with Crippen LogP contribution in [0.5, 0.6) is 0 Å². The van der Waals surface area contributed by atoms with E-state index < -0.39 is 60.2 Å². The highest BCUT2D eigenvalue weighted by Gasteiger charge is 2.28. The third-order valence-corrected chi connectivity index (χ3v) is 4.25. The molecule has 13 heteroatoms. The molecule has 3 amide bonds. The summed E-state index contributed by atoms with van der Waals surface area (Å²) in [5.74, 6) is -5.00. The summed E-state index contributed by atoms with van der Waals surface area (Å²) < 4.78 is 0. The summed E-state index contributed by atoms with van der Waals surface area (Å²) in [4.78, 5) is 58.3. The Kier molecular flexibility index (Phi) is 12.6. The van der Waals surface area contributed by atoms with Crippen molar-refractivity contribution in [2.24, 2.45) is 11.5 Å². The Balaban J connectivity index is 5.01. The van der Waals surface area contributed by atoms with Gasteiger partial charge < -0.3 is 37.6 Å². The van der Waals surface area contributed by atoms with E-state index in [0.717, 1.165) is 0 Å². The molecule has 4 unspecified atom stereocenters. The first kappa shape index (κ1) is 26.6. The maximum absolute atomic E-state index is 12.5. The van der Waals surface area contributed by atoms with Crippen LogP contribution in [-0.4, -0.2) is 76.3 Å². The number of carbonyl (C=O) groups is 5. The van der Waals surface area contributed by atoms with Crippen molar-refractivity contribution >= 4 is 42.3 Å². The predicted molar refractivity (Wildman–Crippen MR) is 106 cm³/mol. The number of hydrogen-bond donors (Lipinski definition) is 8. The molecule has 0 bridgehead atoms. The smallest absolute Gasteiger partial charge is 0.326 e. The highest BCUT2D eigenvalue weighted by Crippen LogP contribution is 2.03. The number of nitrogens with two attached hydrogens (primary N) is 2. The fourth-order valence-corrected chi connectivity index (χ4v) is 2.34. The SMILES string of the molecule is CC(NC(=O)C(CCCCN)NC(=O)C(N)CS)C(=O)NC(CC(=O)O)C(=O)O. The normalized spacial score (nSPS) is 14.8. The number of nitrogens with one attached hydrogen (secondary N) is 3. The highest BCUT2D eigenvalue weighted by molar-refractivity contribution is 7.80. The van der Waals surface area contributed by atoms with Gasteiger partial charge in [0.05, 0.1) is 12.5 Å². The van der Waals surface area contributed by atoms with Crippen LogP contribution in [0.2, 0.25) is 0 Å². The predicted octanol–water partition coefficient (Wildman–Crippen LogP) is -2.59. The largest absolute Gasteiger partial charge is 0.481 e. The number of rotatable bonds is 14. The monoisotopic (exact) mass is 435 g/mol. The summed E-state index contributed by atoms with van der Waals surface area (Å²) in [6.45, 7) is 1.70. The molecule has 0 saturated carbocycles. The molecule has 0 aromatic carbocycles. The van der Waals surface area contributed by atoms with Crippen LogP contribution in [0.1, 0.15) is 32.6 Å². The Bertz CT molecular complexity index is 604. The van der Waals surface area contributed by atoms with E-state index in [4.69, 9.17) is 21.7 Å². The third-order valence-electron chi connectivity index (χ3n) is 3.86. The number of aliphatic carboxylic acids is 2. The first-order valence-corrected chi connectivity index (χ1v) is 9.58. The van der Waals surface area contributed by atoms with Crippen molar-refractivity contribution in [3.05, 3.63) is 0 Å². The van der Waals surface area contributed by atoms with Gasteiger partial charge in [-0.1, -0.05) is 0 Å². The number of carbonyl (C=O) groups excluding carboxylic acids is 3. The molecule has 0 aliphatic rings. The van der Waals surface area contributed by atoms with E-state index in [1.165, 1.54) is 6.92 Å². The van der Waals surface area contributed by atoms with Crippen LogP contribution in [0, 0.1) is 0 Å². The molecule has 0 aromatic heterocycles. The zero-order valence-corrected chi connectivity index (χ0v) is 17.0. The number of carboxylic acid groups (broad SMARTS) is 2. The zero-order chi connectivity index (χ0) is 22.6. The van der Waals surface area contributed by atoms with Gasteiger partial charge in [0.15, 0.2) is 0 Å². The topological polar surface area (TPSA) is 214 Å². The number of unbranched alkanes of at least 4 members (excludes halogenated alkanes) is 1. The van der Waals surface area contributed by atoms with Crippen LogP contribution in [0.15, 0.2) is 0 Å². The first-order valence-electron chi connectivity index (χ1n) is 8.95. The van der Waals surface area contributed by atoms with Crippen LogP contribution < -0.4 is 27.4 Å². The van der Waals surface area contributed by atoms with Gasteiger partial charge in [-0.05, 0) is 32.7 Å². The summed E-state index contributed by atoms with van der Waals surface area (Å²) in [5.41, 5.74) is 11.0. The van der Waals surface area contributed by atoms with E-state index >= 15 is 0 Å². The number of amides is 3. The fourth-order valence-electron chi connectivity index (χ4n) is 2.17. The molecule has 0 radical (unpaired) electrons. The molecule has 0 aromatic rings. The lowest BCUT2D eigenvalue weighted by Gasteiger charge is -2.23. The van der Waals surface area contributed by atoms with Gasteiger partial charge in [0, 0.05) is 5.75 Å². The van der Waals surface area contributed by atoms with Gasteiger partial charge in [-0.25, -0.2) is 4.79 Å². The standard InChI is InChI=1S/C16H29N5O7S/c1-8(13(24)21-11(16(27)28)6-12(22)23)19-15(26)10(4-2-3-5-17)20-14(25)9(18)7-29/h8-11,29H,2-7,17-18H2,1H3,(H,19,26)(H,20,25)(H,21,24)(H,22,23)(H,27,28). The minimum atomic E-state index is -1.65. The van der Waals surface area contributed by atoms with Crippen LogP contribution in [0.4, 0.5) is 0 Å². The maximum atomic E-state index is 12.5. The van der Waals surface area contributed by atoms with Crippen LogP contribution in [0.3, 0.4) is 0 Å². The summed E-state index contributed by atoms with van der Waals surface area (Å²) in [6, 6.07) is -4.72. The van der Waals surface area contributed by atoms with E-state index in [9.17, 15) is 24.0 Å². The average Bonchev–Trinajstić information content (AvgIpc) is 2.65. The second-order valence-electron chi connectivity index (χ2n) is 6.36. The van der Waals surface area contributed by atoms with Crippen molar-refractivity contribution in [1.82, 2.24) is 16.0 Å². The van der Waals surface area contributed by atoms with Crippen molar-refractivity contribution in [3.63, 3.8) is 0 Å². The molecule has 4 atom stereocenters. The molecule has 0 aliphatic heterocycles. The van der Waals surface area contributed by atoms with E-state index in [0.29, 0.717) is 19.4 Å². The van der Waals surface area contributed by atoms with Gasteiger partial charge >= 0.3 is 11.9 Å². The second kappa shape index (κ2) is 13.7. The summed E-state index contributed by atoms with van der Waals surface area (Å²) in [6.07, 6.45) is 0.579. The third kappa shape index (κ3) is 10.7. The molecule has 12 nitrogen and oxygen atoms in total. The average molecular weight is 436 g/mol. The zero-order valence-electron chi connectivity index (χ0n) is 16.1. The summed E-state index contributed by atoms with van der Waals surface area (Å²) in [7, 11) is 0. The van der Waals surface area contributed by atoms with Crippen molar-refractivity contribution in [3.8, 4) is 0 Å². The van der Waals surface area contributed by atoms with E-state index in [1.807, 2.05) is 5.32 Å².